The smallest absolute Gasteiger partial charge is 0.326 e. The molecule has 0 aromatic heterocycles. The number of carbonyl (C=O) groups is 1. The summed E-state index contributed by atoms with van der Waals surface area (Å²) in [5.41, 5.74) is -0.836. The Hall–Kier alpha value is -0.570. The van der Waals surface area contributed by atoms with Crippen LogP contribution in [0.3, 0.4) is 0 Å². The zero-order chi connectivity index (χ0) is 12.4. The van der Waals surface area contributed by atoms with E-state index in [0.29, 0.717) is 0 Å². The highest BCUT2D eigenvalue weighted by Crippen LogP contribution is 2.27. The third-order valence-electron chi connectivity index (χ3n) is 3.33. The summed E-state index contributed by atoms with van der Waals surface area (Å²) in [5.74, 6) is -0.0793. The van der Waals surface area contributed by atoms with Crippen LogP contribution in [0.2, 0.25) is 0 Å². The van der Waals surface area contributed by atoms with Crippen LogP contribution in [-0.4, -0.2) is 35.1 Å². The number of hydrogen-bond acceptors (Lipinski definition) is 3. The predicted octanol–water partition coefficient (Wildman–Crippen LogP) is 2.59. The van der Waals surface area contributed by atoms with E-state index in [0.717, 1.165) is 19.5 Å². The van der Waals surface area contributed by atoms with Gasteiger partial charge in [0, 0.05) is 0 Å². The Morgan fingerprint density at radius 1 is 1.19 bits per heavy atom. The molecule has 1 aliphatic rings. The van der Waals surface area contributed by atoms with E-state index in [-0.39, 0.29) is 5.97 Å². The average Bonchev–Trinajstić information content (AvgIpc) is 2.66. The van der Waals surface area contributed by atoms with Crippen LogP contribution >= 0.6 is 0 Å². The summed E-state index contributed by atoms with van der Waals surface area (Å²) >= 11 is 0. The molecule has 0 unspecified atom stereocenters. The molecular formula is C13H25NO2. The first-order valence-corrected chi connectivity index (χ1v) is 6.28. The zero-order valence-electron chi connectivity index (χ0n) is 11.3. The highest BCUT2D eigenvalue weighted by Gasteiger charge is 2.41. The summed E-state index contributed by atoms with van der Waals surface area (Å²) in [7, 11) is 0. The van der Waals surface area contributed by atoms with Crippen LogP contribution in [0.25, 0.3) is 0 Å². The molecule has 1 atom stereocenters. The molecule has 0 saturated carbocycles. The van der Waals surface area contributed by atoms with Crippen LogP contribution in [0.1, 0.15) is 53.9 Å². The third kappa shape index (κ3) is 2.97. The van der Waals surface area contributed by atoms with Crippen molar-refractivity contribution in [2.45, 2.75) is 65.0 Å². The van der Waals surface area contributed by atoms with E-state index >= 15 is 0 Å². The van der Waals surface area contributed by atoms with Crippen LogP contribution in [0.4, 0.5) is 0 Å². The molecule has 0 bridgehead atoms. The minimum Gasteiger partial charge on any atom is -0.459 e. The van der Waals surface area contributed by atoms with Crippen molar-refractivity contribution >= 4 is 5.97 Å². The van der Waals surface area contributed by atoms with Gasteiger partial charge in [-0.2, -0.15) is 0 Å². The van der Waals surface area contributed by atoms with E-state index in [1.165, 1.54) is 12.8 Å². The number of ether oxygens (including phenoxy) is 1. The van der Waals surface area contributed by atoms with Gasteiger partial charge in [0.1, 0.15) is 11.1 Å². The minimum atomic E-state index is -0.441. The van der Waals surface area contributed by atoms with Gasteiger partial charge in [0.05, 0.1) is 0 Å². The Morgan fingerprint density at radius 3 is 2.06 bits per heavy atom. The maximum atomic E-state index is 12.2. The lowest BCUT2D eigenvalue weighted by Gasteiger charge is -2.37. The molecule has 0 aliphatic carbocycles. The van der Waals surface area contributed by atoms with Crippen molar-refractivity contribution in [1.29, 1.82) is 0 Å². The van der Waals surface area contributed by atoms with E-state index < -0.39 is 11.1 Å². The van der Waals surface area contributed by atoms with Gasteiger partial charge in [-0.15, -0.1) is 0 Å². The Morgan fingerprint density at radius 2 is 1.69 bits per heavy atom. The largest absolute Gasteiger partial charge is 0.459 e. The van der Waals surface area contributed by atoms with Crippen LogP contribution in [0, 0.1) is 0 Å². The van der Waals surface area contributed by atoms with E-state index in [4.69, 9.17) is 4.74 Å². The maximum Gasteiger partial charge on any atom is 0.326 e. The predicted molar refractivity (Wildman–Crippen MR) is 65.3 cm³/mol. The second kappa shape index (κ2) is 4.74. The van der Waals surface area contributed by atoms with Crippen molar-refractivity contribution in [3.8, 4) is 0 Å². The molecule has 0 N–H and O–H groups in total. The molecule has 1 rings (SSSR count). The number of hydrogen-bond donors (Lipinski definition) is 0. The fourth-order valence-corrected chi connectivity index (χ4v) is 2.10. The number of nitrogens with zero attached hydrogens (tertiary/aromatic N) is 1. The lowest BCUT2D eigenvalue weighted by Crippen LogP contribution is -2.53. The first kappa shape index (κ1) is 13.5. The normalized spacial score (nSPS) is 21.8. The van der Waals surface area contributed by atoms with Crippen molar-refractivity contribution in [2.24, 2.45) is 0 Å². The molecular weight excluding hydrogens is 202 g/mol. The number of carbonyl (C=O) groups excluding carboxylic acids is 1. The summed E-state index contributed by atoms with van der Waals surface area (Å²) < 4.78 is 5.53. The molecule has 16 heavy (non-hydrogen) atoms. The van der Waals surface area contributed by atoms with Gasteiger partial charge in [-0.25, -0.2) is 0 Å². The van der Waals surface area contributed by atoms with Gasteiger partial charge < -0.3 is 4.74 Å². The van der Waals surface area contributed by atoms with Gasteiger partial charge in [0.25, 0.3) is 0 Å². The molecule has 94 valence electrons. The Kier molecular flexibility index (Phi) is 4.00. The van der Waals surface area contributed by atoms with Crippen LogP contribution in [-0.2, 0) is 9.53 Å². The van der Waals surface area contributed by atoms with Gasteiger partial charge in [0.15, 0.2) is 0 Å². The standard InChI is InChI=1S/C13H25NO2/c1-6-13(5,14-9-7-8-10-14)11(15)16-12(2,3)4/h6-10H2,1-5H3/t13-/m0/s1. The number of likely N-dealkylation sites (tertiary alicyclic amines) is 1. The molecule has 3 heteroatoms. The minimum absolute atomic E-state index is 0.0793. The molecule has 0 radical (unpaired) electrons. The van der Waals surface area contributed by atoms with Gasteiger partial charge in [-0.3, -0.25) is 9.69 Å². The highest BCUT2D eigenvalue weighted by atomic mass is 16.6. The van der Waals surface area contributed by atoms with Crippen molar-refractivity contribution in [1.82, 2.24) is 4.90 Å². The van der Waals surface area contributed by atoms with Crippen molar-refractivity contribution in [3.63, 3.8) is 0 Å². The second-order valence-corrected chi connectivity index (χ2v) is 5.82. The number of esters is 1. The molecule has 1 aliphatic heterocycles. The molecule has 3 nitrogen and oxygen atoms in total. The van der Waals surface area contributed by atoms with Gasteiger partial charge in [0.2, 0.25) is 0 Å². The van der Waals surface area contributed by atoms with E-state index in [1.54, 1.807) is 0 Å². The summed E-state index contributed by atoms with van der Waals surface area (Å²) in [6.45, 7) is 11.9. The SMILES string of the molecule is CC[C@@](C)(C(=O)OC(C)(C)C)N1CCCC1. The topological polar surface area (TPSA) is 29.5 Å². The van der Waals surface area contributed by atoms with Crippen LogP contribution < -0.4 is 0 Å². The quantitative estimate of drug-likeness (QED) is 0.694. The second-order valence-electron chi connectivity index (χ2n) is 5.82. The monoisotopic (exact) mass is 227 g/mol. The summed E-state index contributed by atoms with van der Waals surface area (Å²) in [4.78, 5) is 14.5. The van der Waals surface area contributed by atoms with Crippen molar-refractivity contribution in [2.75, 3.05) is 13.1 Å². The van der Waals surface area contributed by atoms with Crippen LogP contribution in [0.15, 0.2) is 0 Å². The molecule has 0 amide bonds. The molecule has 1 saturated heterocycles. The van der Waals surface area contributed by atoms with E-state index in [9.17, 15) is 4.79 Å². The fraction of sp³-hybridized carbons (Fsp3) is 0.923. The molecule has 1 heterocycles. The zero-order valence-corrected chi connectivity index (χ0v) is 11.3. The fourth-order valence-electron chi connectivity index (χ4n) is 2.10. The van der Waals surface area contributed by atoms with Gasteiger partial charge in [-0.05, 0) is 60.0 Å². The van der Waals surface area contributed by atoms with Crippen LogP contribution in [0.5, 0.6) is 0 Å². The Balaban J connectivity index is 2.74. The Labute approximate surface area is 99.1 Å². The Bertz CT molecular complexity index is 251. The molecule has 0 aromatic carbocycles. The summed E-state index contributed by atoms with van der Waals surface area (Å²) in [6, 6.07) is 0. The molecule has 0 spiro atoms. The van der Waals surface area contributed by atoms with E-state index in [2.05, 4.69) is 11.8 Å². The first-order chi connectivity index (χ1) is 7.29. The highest BCUT2D eigenvalue weighted by molar-refractivity contribution is 5.80. The first-order valence-electron chi connectivity index (χ1n) is 6.28. The average molecular weight is 227 g/mol. The molecule has 0 aromatic rings. The van der Waals surface area contributed by atoms with Gasteiger partial charge >= 0.3 is 5.97 Å². The summed E-state index contributed by atoms with van der Waals surface area (Å²) in [6.07, 6.45) is 3.19. The maximum absolute atomic E-state index is 12.2. The molecule has 1 fully saturated rings. The summed E-state index contributed by atoms with van der Waals surface area (Å²) in [5, 5.41) is 0. The third-order valence-corrected chi connectivity index (χ3v) is 3.33. The lowest BCUT2D eigenvalue weighted by atomic mass is 9.96. The van der Waals surface area contributed by atoms with Crippen molar-refractivity contribution < 1.29 is 9.53 Å². The van der Waals surface area contributed by atoms with Gasteiger partial charge in [-0.1, -0.05) is 6.92 Å². The van der Waals surface area contributed by atoms with Crippen molar-refractivity contribution in [3.05, 3.63) is 0 Å². The lowest BCUT2D eigenvalue weighted by molar-refractivity contribution is -0.168. The van der Waals surface area contributed by atoms with E-state index in [1.807, 2.05) is 27.7 Å². The number of rotatable bonds is 3.